The number of hydrogen-bond donors (Lipinski definition) is 1. The van der Waals surface area contributed by atoms with Gasteiger partial charge >= 0.3 is 0 Å². The maximum absolute atomic E-state index is 11.8. The molecule has 0 aromatic heterocycles. The van der Waals surface area contributed by atoms with E-state index in [4.69, 9.17) is 11.6 Å². The zero-order chi connectivity index (χ0) is 10.9. The minimum atomic E-state index is -0.342. The molecular weight excluding hydrogens is 324 g/mol. The van der Waals surface area contributed by atoms with Gasteiger partial charge in [-0.2, -0.15) is 0 Å². The number of benzene rings is 1. The molecule has 1 atom stereocenters. The Morgan fingerprint density at radius 3 is 2.53 bits per heavy atom. The van der Waals surface area contributed by atoms with Gasteiger partial charge in [0.15, 0.2) is 0 Å². The Balaban J connectivity index is 2.41. The van der Waals surface area contributed by atoms with Crippen LogP contribution in [0.4, 0.5) is 0 Å². The van der Waals surface area contributed by atoms with Crippen LogP contribution in [0.15, 0.2) is 24.3 Å². The summed E-state index contributed by atoms with van der Waals surface area (Å²) < 4.78 is 0.201. The van der Waals surface area contributed by atoms with Crippen molar-refractivity contribution in [2.24, 2.45) is 0 Å². The molecule has 1 aliphatic rings. The summed E-state index contributed by atoms with van der Waals surface area (Å²) in [6.07, 6.45) is 0.871. The quantitative estimate of drug-likeness (QED) is 0.665. The maximum atomic E-state index is 11.8. The van der Waals surface area contributed by atoms with Crippen LogP contribution in [0.25, 0.3) is 0 Å². The van der Waals surface area contributed by atoms with Crippen molar-refractivity contribution >= 4 is 38.0 Å². The molecule has 15 heavy (non-hydrogen) atoms. The van der Waals surface area contributed by atoms with Gasteiger partial charge in [-0.1, -0.05) is 23.7 Å². The van der Waals surface area contributed by atoms with Gasteiger partial charge in [0, 0.05) is 34.2 Å². The lowest BCUT2D eigenvalue weighted by molar-refractivity contribution is -0.113. The van der Waals surface area contributed by atoms with Gasteiger partial charge in [0.1, 0.15) is 0 Å². The van der Waals surface area contributed by atoms with E-state index in [2.05, 4.69) is 5.32 Å². The molecule has 1 saturated heterocycles. The summed E-state index contributed by atoms with van der Waals surface area (Å²) in [5.41, 5.74) is 0.724. The Kier molecular flexibility index (Phi) is 3.33. The summed E-state index contributed by atoms with van der Waals surface area (Å²) in [5.74, 6) is 0. The standard InChI is InChI=1S/C11H11ClINO/c12-9-3-1-8(2-4-9)11(10(13)15)5-6-14-7-11/h1-4,14H,5-7H2. The Morgan fingerprint density at radius 1 is 1.40 bits per heavy atom. The van der Waals surface area contributed by atoms with Gasteiger partial charge in [0.25, 0.3) is 0 Å². The summed E-state index contributed by atoms with van der Waals surface area (Å²) in [6, 6.07) is 7.59. The average molecular weight is 336 g/mol. The molecule has 1 unspecified atom stereocenters. The fourth-order valence-corrected chi connectivity index (χ4v) is 2.89. The molecule has 0 amide bonds. The number of halogens is 2. The molecule has 4 heteroatoms. The summed E-state index contributed by atoms with van der Waals surface area (Å²) in [5, 5.41) is 3.96. The number of hydrogen-bond acceptors (Lipinski definition) is 2. The number of nitrogens with one attached hydrogen (secondary N) is 1. The molecule has 2 rings (SSSR count). The zero-order valence-electron chi connectivity index (χ0n) is 8.09. The van der Waals surface area contributed by atoms with Crippen LogP contribution in [0.3, 0.4) is 0 Å². The third-order valence-electron chi connectivity index (χ3n) is 2.93. The van der Waals surface area contributed by atoms with E-state index < -0.39 is 0 Å². The van der Waals surface area contributed by atoms with Crippen molar-refractivity contribution in [1.29, 1.82) is 0 Å². The van der Waals surface area contributed by atoms with E-state index in [9.17, 15) is 4.79 Å². The summed E-state index contributed by atoms with van der Waals surface area (Å²) in [4.78, 5) is 11.8. The minimum absolute atomic E-state index is 0.201. The monoisotopic (exact) mass is 335 g/mol. The fraction of sp³-hybridized carbons (Fsp3) is 0.364. The molecular formula is C11H11ClINO. The summed E-state index contributed by atoms with van der Waals surface area (Å²) in [7, 11) is 0. The SMILES string of the molecule is O=C(I)C1(c2ccc(Cl)cc2)CCNC1. The van der Waals surface area contributed by atoms with E-state index in [0.717, 1.165) is 25.1 Å². The predicted octanol–water partition coefficient (Wildman–Crippen LogP) is 2.53. The van der Waals surface area contributed by atoms with Gasteiger partial charge in [0.2, 0.25) is 3.79 Å². The highest BCUT2D eigenvalue weighted by Gasteiger charge is 2.41. The van der Waals surface area contributed by atoms with Gasteiger partial charge in [0.05, 0.1) is 5.41 Å². The van der Waals surface area contributed by atoms with Crippen LogP contribution in [0.1, 0.15) is 12.0 Å². The predicted molar refractivity (Wildman–Crippen MR) is 69.6 cm³/mol. The van der Waals surface area contributed by atoms with E-state index in [1.807, 2.05) is 46.9 Å². The van der Waals surface area contributed by atoms with Gasteiger partial charge in [-0.05, 0) is 30.7 Å². The number of carbonyl (C=O) groups is 1. The van der Waals surface area contributed by atoms with Crippen molar-refractivity contribution in [2.45, 2.75) is 11.8 Å². The Morgan fingerprint density at radius 2 is 2.07 bits per heavy atom. The normalized spacial score (nSPS) is 25.5. The number of rotatable bonds is 2. The Hall–Kier alpha value is -0.130. The highest BCUT2D eigenvalue weighted by Crippen LogP contribution is 2.34. The van der Waals surface area contributed by atoms with E-state index in [-0.39, 0.29) is 9.20 Å². The fourth-order valence-electron chi connectivity index (χ4n) is 1.99. The second-order valence-electron chi connectivity index (χ2n) is 3.79. The first-order valence-corrected chi connectivity index (χ1v) is 6.27. The van der Waals surface area contributed by atoms with E-state index >= 15 is 0 Å². The molecule has 80 valence electrons. The molecule has 0 saturated carbocycles. The molecule has 0 aliphatic carbocycles. The first kappa shape index (κ1) is 11.4. The lowest BCUT2D eigenvalue weighted by Crippen LogP contribution is -2.34. The van der Waals surface area contributed by atoms with Crippen LogP contribution in [0.5, 0.6) is 0 Å². The first-order valence-electron chi connectivity index (χ1n) is 4.82. The lowest BCUT2D eigenvalue weighted by Gasteiger charge is -2.24. The number of carbonyl (C=O) groups excluding carboxylic acids is 1. The van der Waals surface area contributed by atoms with Gasteiger partial charge in [-0.3, -0.25) is 4.79 Å². The van der Waals surface area contributed by atoms with E-state index in [1.165, 1.54) is 0 Å². The van der Waals surface area contributed by atoms with Crippen LogP contribution < -0.4 is 5.32 Å². The Bertz CT molecular complexity index is 371. The van der Waals surface area contributed by atoms with Crippen molar-refractivity contribution < 1.29 is 4.79 Å². The van der Waals surface area contributed by atoms with Crippen molar-refractivity contribution in [3.63, 3.8) is 0 Å². The first-order chi connectivity index (χ1) is 7.15. The van der Waals surface area contributed by atoms with Crippen LogP contribution in [-0.4, -0.2) is 16.9 Å². The molecule has 1 N–H and O–H groups in total. The molecule has 0 radical (unpaired) electrons. The highest BCUT2D eigenvalue weighted by molar-refractivity contribution is 14.1. The largest absolute Gasteiger partial charge is 0.315 e. The van der Waals surface area contributed by atoms with Crippen molar-refractivity contribution in [3.05, 3.63) is 34.9 Å². The van der Waals surface area contributed by atoms with Crippen LogP contribution in [0.2, 0.25) is 5.02 Å². The molecule has 1 aromatic rings. The topological polar surface area (TPSA) is 29.1 Å². The molecule has 1 aliphatic heterocycles. The smallest absolute Gasteiger partial charge is 0.204 e. The molecule has 0 spiro atoms. The third kappa shape index (κ3) is 2.05. The van der Waals surface area contributed by atoms with Gasteiger partial charge in [-0.25, -0.2) is 0 Å². The van der Waals surface area contributed by atoms with Crippen LogP contribution in [-0.2, 0) is 10.2 Å². The van der Waals surface area contributed by atoms with Crippen molar-refractivity contribution in [2.75, 3.05) is 13.1 Å². The third-order valence-corrected chi connectivity index (χ3v) is 4.21. The average Bonchev–Trinajstić information content (AvgIpc) is 2.69. The molecule has 1 aromatic carbocycles. The zero-order valence-corrected chi connectivity index (χ0v) is 11.0. The molecule has 1 heterocycles. The lowest BCUT2D eigenvalue weighted by atomic mass is 9.81. The van der Waals surface area contributed by atoms with E-state index in [1.54, 1.807) is 0 Å². The van der Waals surface area contributed by atoms with Crippen molar-refractivity contribution in [1.82, 2.24) is 5.32 Å². The second kappa shape index (κ2) is 4.39. The van der Waals surface area contributed by atoms with Crippen molar-refractivity contribution in [3.8, 4) is 0 Å². The minimum Gasteiger partial charge on any atom is -0.315 e. The molecule has 2 nitrogen and oxygen atoms in total. The Labute approximate surface area is 108 Å². The van der Waals surface area contributed by atoms with Gasteiger partial charge < -0.3 is 5.32 Å². The molecule has 1 fully saturated rings. The highest BCUT2D eigenvalue weighted by atomic mass is 127. The summed E-state index contributed by atoms with van der Waals surface area (Å²) in [6.45, 7) is 1.63. The molecule has 0 bridgehead atoms. The maximum Gasteiger partial charge on any atom is 0.204 e. The summed E-state index contributed by atoms with van der Waals surface area (Å²) >= 11 is 7.74. The van der Waals surface area contributed by atoms with Gasteiger partial charge in [-0.15, -0.1) is 0 Å². The van der Waals surface area contributed by atoms with E-state index in [0.29, 0.717) is 5.02 Å². The second-order valence-corrected chi connectivity index (χ2v) is 5.21. The van der Waals surface area contributed by atoms with Crippen LogP contribution >= 0.6 is 34.2 Å². The van der Waals surface area contributed by atoms with Crippen LogP contribution in [0, 0.1) is 0 Å².